The van der Waals surface area contributed by atoms with Crippen molar-refractivity contribution < 1.29 is 19.0 Å². The number of epoxide rings is 2. The lowest BCUT2D eigenvalue weighted by molar-refractivity contribution is -0.149. The van der Waals surface area contributed by atoms with Crippen molar-refractivity contribution in [3.63, 3.8) is 0 Å². The maximum Gasteiger partial charge on any atom is 0.309 e. The number of hydrogen-bond acceptors (Lipinski definition) is 4. The highest BCUT2D eigenvalue weighted by atomic mass is 16.6. The van der Waals surface area contributed by atoms with Gasteiger partial charge in [0.1, 0.15) is 12.7 Å². The summed E-state index contributed by atoms with van der Waals surface area (Å²) in [6.45, 7) is 1.18. The Bertz CT molecular complexity index is 249. The van der Waals surface area contributed by atoms with Crippen molar-refractivity contribution in [1.82, 2.24) is 0 Å². The zero-order valence-electron chi connectivity index (χ0n) is 7.98. The van der Waals surface area contributed by atoms with E-state index in [1.54, 1.807) is 0 Å². The van der Waals surface area contributed by atoms with Crippen LogP contribution in [0.4, 0.5) is 0 Å². The maximum atomic E-state index is 11.6. The van der Waals surface area contributed by atoms with Gasteiger partial charge in [-0.15, -0.1) is 0 Å². The normalized spacial score (nSPS) is 44.0. The lowest BCUT2D eigenvalue weighted by Gasteiger charge is -2.16. The van der Waals surface area contributed by atoms with Crippen LogP contribution in [0.2, 0.25) is 0 Å². The Morgan fingerprint density at radius 3 is 2.93 bits per heavy atom. The van der Waals surface area contributed by atoms with E-state index in [1.165, 1.54) is 0 Å². The summed E-state index contributed by atoms with van der Waals surface area (Å²) in [7, 11) is 0. The minimum absolute atomic E-state index is 0.0607. The molecule has 14 heavy (non-hydrogen) atoms. The second-order valence-electron chi connectivity index (χ2n) is 4.31. The van der Waals surface area contributed by atoms with Gasteiger partial charge in [-0.25, -0.2) is 0 Å². The topological polar surface area (TPSA) is 51.4 Å². The van der Waals surface area contributed by atoms with Crippen molar-refractivity contribution in [2.24, 2.45) is 5.92 Å². The Morgan fingerprint density at radius 2 is 2.21 bits per heavy atom. The molecule has 4 heteroatoms. The van der Waals surface area contributed by atoms with Crippen molar-refractivity contribution in [2.45, 2.75) is 37.6 Å². The molecule has 4 unspecified atom stereocenters. The van der Waals surface area contributed by atoms with Gasteiger partial charge >= 0.3 is 5.97 Å². The SMILES string of the molecule is O=C(OCC1CO1)C1CCC2OC2C1. The van der Waals surface area contributed by atoms with E-state index in [0.717, 1.165) is 25.9 Å². The van der Waals surface area contributed by atoms with Gasteiger partial charge in [-0.1, -0.05) is 0 Å². The predicted molar refractivity (Wildman–Crippen MR) is 46.7 cm³/mol. The number of rotatable bonds is 3. The summed E-state index contributed by atoms with van der Waals surface area (Å²) in [6, 6.07) is 0. The summed E-state index contributed by atoms with van der Waals surface area (Å²) in [5.41, 5.74) is 0. The Labute approximate surface area is 82.5 Å². The molecule has 0 spiro atoms. The molecule has 0 aromatic rings. The summed E-state index contributed by atoms with van der Waals surface area (Å²) in [6.07, 6.45) is 3.77. The summed E-state index contributed by atoms with van der Waals surface area (Å²) >= 11 is 0. The smallest absolute Gasteiger partial charge is 0.309 e. The van der Waals surface area contributed by atoms with Gasteiger partial charge in [0, 0.05) is 0 Å². The quantitative estimate of drug-likeness (QED) is 0.489. The van der Waals surface area contributed by atoms with E-state index in [9.17, 15) is 4.79 Å². The number of hydrogen-bond donors (Lipinski definition) is 0. The highest BCUT2D eigenvalue weighted by Crippen LogP contribution is 2.39. The molecule has 0 amide bonds. The second-order valence-corrected chi connectivity index (χ2v) is 4.31. The molecular weight excluding hydrogens is 184 g/mol. The molecule has 1 aliphatic carbocycles. The lowest BCUT2D eigenvalue weighted by atomic mass is 9.89. The first kappa shape index (κ1) is 8.68. The number of carbonyl (C=O) groups excluding carboxylic acids is 1. The monoisotopic (exact) mass is 198 g/mol. The first-order valence-corrected chi connectivity index (χ1v) is 5.26. The van der Waals surface area contributed by atoms with E-state index in [0.29, 0.717) is 18.8 Å². The zero-order chi connectivity index (χ0) is 9.54. The Hall–Kier alpha value is -0.610. The minimum atomic E-state index is -0.0607. The van der Waals surface area contributed by atoms with Crippen LogP contribution in [-0.2, 0) is 19.0 Å². The van der Waals surface area contributed by atoms with Crippen LogP contribution in [0.3, 0.4) is 0 Å². The third kappa shape index (κ3) is 1.77. The fourth-order valence-electron chi connectivity index (χ4n) is 2.08. The molecule has 2 saturated heterocycles. The molecule has 0 aromatic carbocycles. The standard InChI is InChI=1S/C10H14O4/c11-10(13-5-7-4-12-7)6-1-2-8-9(3-6)14-8/h6-9H,1-5H2. The van der Waals surface area contributed by atoms with E-state index in [-0.39, 0.29) is 18.0 Å². The summed E-state index contributed by atoms with van der Waals surface area (Å²) < 4.78 is 15.5. The largest absolute Gasteiger partial charge is 0.463 e. The van der Waals surface area contributed by atoms with Crippen LogP contribution in [0, 0.1) is 5.92 Å². The molecule has 3 fully saturated rings. The molecule has 2 heterocycles. The molecule has 1 saturated carbocycles. The van der Waals surface area contributed by atoms with E-state index >= 15 is 0 Å². The molecule has 0 aromatic heterocycles. The van der Waals surface area contributed by atoms with Gasteiger partial charge in [0.05, 0.1) is 24.7 Å². The molecule has 4 atom stereocenters. The van der Waals surface area contributed by atoms with Gasteiger partial charge in [0.2, 0.25) is 0 Å². The number of esters is 1. The van der Waals surface area contributed by atoms with E-state index in [4.69, 9.17) is 14.2 Å². The van der Waals surface area contributed by atoms with Crippen LogP contribution >= 0.6 is 0 Å². The van der Waals surface area contributed by atoms with Gasteiger partial charge in [-0.2, -0.15) is 0 Å². The Balaban J connectivity index is 1.45. The molecule has 4 nitrogen and oxygen atoms in total. The van der Waals surface area contributed by atoms with Crippen molar-refractivity contribution in [3.05, 3.63) is 0 Å². The zero-order valence-corrected chi connectivity index (χ0v) is 7.98. The van der Waals surface area contributed by atoms with Crippen molar-refractivity contribution in [1.29, 1.82) is 0 Å². The van der Waals surface area contributed by atoms with Crippen LogP contribution in [-0.4, -0.2) is 37.5 Å². The molecule has 3 rings (SSSR count). The number of carbonyl (C=O) groups is 1. The first-order valence-electron chi connectivity index (χ1n) is 5.26. The van der Waals surface area contributed by atoms with Crippen LogP contribution in [0.5, 0.6) is 0 Å². The third-order valence-corrected chi connectivity index (χ3v) is 3.15. The molecule has 2 aliphatic heterocycles. The number of ether oxygens (including phenoxy) is 3. The summed E-state index contributed by atoms with van der Waals surface area (Å²) in [4.78, 5) is 11.6. The van der Waals surface area contributed by atoms with E-state index in [1.807, 2.05) is 0 Å². The average Bonchev–Trinajstić information content (AvgIpc) is 3.06. The highest BCUT2D eigenvalue weighted by molar-refractivity contribution is 5.72. The molecule has 3 aliphatic rings. The molecular formula is C10H14O4. The van der Waals surface area contributed by atoms with Gasteiger partial charge < -0.3 is 14.2 Å². The Kier molecular flexibility index (Phi) is 1.99. The van der Waals surface area contributed by atoms with Crippen molar-refractivity contribution in [2.75, 3.05) is 13.2 Å². The van der Waals surface area contributed by atoms with Gasteiger partial charge in [0.15, 0.2) is 0 Å². The van der Waals surface area contributed by atoms with Crippen molar-refractivity contribution in [3.8, 4) is 0 Å². The summed E-state index contributed by atoms with van der Waals surface area (Å²) in [5, 5.41) is 0. The third-order valence-electron chi connectivity index (χ3n) is 3.15. The Morgan fingerprint density at radius 1 is 1.36 bits per heavy atom. The molecule has 0 N–H and O–H groups in total. The predicted octanol–water partition coefficient (Wildman–Crippen LogP) is 0.496. The van der Waals surface area contributed by atoms with Crippen LogP contribution in [0.1, 0.15) is 19.3 Å². The fourth-order valence-corrected chi connectivity index (χ4v) is 2.08. The highest BCUT2D eigenvalue weighted by Gasteiger charge is 2.46. The fraction of sp³-hybridized carbons (Fsp3) is 0.900. The average molecular weight is 198 g/mol. The molecule has 0 radical (unpaired) electrons. The first-order chi connectivity index (χ1) is 6.83. The minimum Gasteiger partial charge on any atom is -0.463 e. The van der Waals surface area contributed by atoms with Gasteiger partial charge in [-0.05, 0) is 19.3 Å². The van der Waals surface area contributed by atoms with Crippen molar-refractivity contribution >= 4 is 5.97 Å². The molecule has 78 valence electrons. The van der Waals surface area contributed by atoms with Crippen LogP contribution in [0.15, 0.2) is 0 Å². The van der Waals surface area contributed by atoms with E-state index in [2.05, 4.69) is 0 Å². The van der Waals surface area contributed by atoms with Gasteiger partial charge in [-0.3, -0.25) is 4.79 Å². The lowest BCUT2D eigenvalue weighted by Crippen LogP contribution is -2.25. The van der Waals surface area contributed by atoms with Crippen LogP contribution in [0.25, 0.3) is 0 Å². The maximum absolute atomic E-state index is 11.6. The second kappa shape index (κ2) is 3.21. The van der Waals surface area contributed by atoms with Gasteiger partial charge in [0.25, 0.3) is 0 Å². The summed E-state index contributed by atoms with van der Waals surface area (Å²) in [5.74, 6) is 0.00644. The van der Waals surface area contributed by atoms with E-state index < -0.39 is 0 Å². The number of fused-ring (bicyclic) bond motifs is 1. The molecule has 0 bridgehead atoms. The van der Waals surface area contributed by atoms with Crippen LogP contribution < -0.4 is 0 Å².